The molecule has 8 heteroatoms. The quantitative estimate of drug-likeness (QED) is 0.384. The van der Waals surface area contributed by atoms with Gasteiger partial charge >= 0.3 is 8.80 Å². The summed E-state index contributed by atoms with van der Waals surface area (Å²) >= 11 is 0. The summed E-state index contributed by atoms with van der Waals surface area (Å²) in [6.07, 6.45) is 1.23. The first-order valence-corrected chi connectivity index (χ1v) is 9.72. The Morgan fingerprint density at radius 3 is 2.25 bits per heavy atom. The number of hydrogen-bond acceptors (Lipinski definition) is 6. The van der Waals surface area contributed by atoms with Crippen LogP contribution in [0.1, 0.15) is 19.3 Å². The van der Waals surface area contributed by atoms with E-state index in [0.29, 0.717) is 30.5 Å². The third-order valence-electron chi connectivity index (χ3n) is 3.96. The summed E-state index contributed by atoms with van der Waals surface area (Å²) in [7, 11) is 2.15. The van der Waals surface area contributed by atoms with Crippen LogP contribution in [-0.4, -0.2) is 48.6 Å². The van der Waals surface area contributed by atoms with Crippen LogP contribution in [0.3, 0.4) is 0 Å². The molecule has 0 saturated carbocycles. The molecular formula is C16H23NO6Si. The second-order valence-corrected chi connectivity index (χ2v) is 8.46. The first-order valence-electron chi connectivity index (χ1n) is 7.79. The van der Waals surface area contributed by atoms with Gasteiger partial charge in [-0.15, -0.1) is 0 Å². The van der Waals surface area contributed by atoms with Crippen molar-refractivity contribution in [2.75, 3.05) is 32.8 Å². The van der Waals surface area contributed by atoms with Crippen LogP contribution < -0.4 is 9.64 Å². The van der Waals surface area contributed by atoms with E-state index >= 15 is 0 Å². The molecule has 0 N–H and O–H groups in total. The van der Waals surface area contributed by atoms with Crippen LogP contribution >= 0.6 is 0 Å². The van der Waals surface area contributed by atoms with Crippen LogP contribution in [0.4, 0.5) is 5.69 Å². The summed E-state index contributed by atoms with van der Waals surface area (Å²) in [5, 5.41) is 0. The highest BCUT2D eigenvalue weighted by Crippen LogP contribution is 2.26. The number of hydrogen-bond donors (Lipinski definition) is 0. The van der Waals surface area contributed by atoms with E-state index in [2.05, 4.69) is 0 Å². The second kappa shape index (κ2) is 8.38. The lowest BCUT2D eigenvalue weighted by Crippen LogP contribution is -2.42. The number of rotatable bonds is 9. The van der Waals surface area contributed by atoms with Crippen LogP contribution in [0.2, 0.25) is 6.04 Å². The van der Waals surface area contributed by atoms with E-state index in [-0.39, 0.29) is 24.7 Å². The van der Waals surface area contributed by atoms with E-state index < -0.39 is 8.80 Å². The second-order valence-electron chi connectivity index (χ2n) is 5.37. The largest absolute Gasteiger partial charge is 0.500 e. The maximum atomic E-state index is 11.8. The van der Waals surface area contributed by atoms with Crippen LogP contribution in [-0.2, 0) is 22.9 Å². The third-order valence-corrected chi connectivity index (χ3v) is 6.79. The summed E-state index contributed by atoms with van der Waals surface area (Å²) in [5.74, 6) is 0.265. The smallest absolute Gasteiger partial charge is 0.494 e. The van der Waals surface area contributed by atoms with Gasteiger partial charge in [-0.25, -0.2) is 0 Å². The van der Waals surface area contributed by atoms with Crippen molar-refractivity contribution in [3.8, 4) is 5.75 Å². The molecule has 132 valence electrons. The Morgan fingerprint density at radius 2 is 1.67 bits per heavy atom. The highest BCUT2D eigenvalue weighted by molar-refractivity contribution is 6.60. The molecule has 0 unspecified atom stereocenters. The van der Waals surface area contributed by atoms with Gasteiger partial charge in [-0.05, 0) is 18.6 Å². The fraction of sp³-hybridized carbons (Fsp3) is 0.500. The van der Waals surface area contributed by atoms with Crippen molar-refractivity contribution in [2.45, 2.75) is 25.3 Å². The Labute approximate surface area is 142 Å². The lowest BCUT2D eigenvalue weighted by molar-refractivity contribution is -0.121. The summed E-state index contributed by atoms with van der Waals surface area (Å²) in [5.41, 5.74) is 0.550. The molecule has 0 aliphatic carbocycles. The van der Waals surface area contributed by atoms with Crippen LogP contribution in [0, 0.1) is 0 Å². The van der Waals surface area contributed by atoms with E-state index in [4.69, 9.17) is 18.0 Å². The Hall–Kier alpha value is -1.74. The molecule has 7 nitrogen and oxygen atoms in total. The lowest BCUT2D eigenvalue weighted by atomic mass is 10.2. The predicted octanol–water partition coefficient (Wildman–Crippen LogP) is 1.99. The normalized spacial score (nSPS) is 15.2. The average molecular weight is 353 g/mol. The zero-order valence-electron chi connectivity index (χ0n) is 14.2. The van der Waals surface area contributed by atoms with Crippen molar-refractivity contribution < 1.29 is 27.6 Å². The first-order chi connectivity index (χ1) is 11.5. The number of imide groups is 1. The number of carbonyl (C=O) groups excluding carboxylic acids is 2. The van der Waals surface area contributed by atoms with E-state index in [1.165, 1.54) is 4.90 Å². The van der Waals surface area contributed by atoms with Gasteiger partial charge < -0.3 is 18.0 Å². The zero-order chi connectivity index (χ0) is 17.6. The number of nitrogens with zero attached hydrogens (tertiary/aromatic N) is 1. The Bertz CT molecular complexity index is 565. The fourth-order valence-corrected chi connectivity index (χ4v) is 4.30. The summed E-state index contributed by atoms with van der Waals surface area (Å²) in [4.78, 5) is 24.8. The molecule has 0 aromatic heterocycles. The molecule has 1 aromatic rings. The fourth-order valence-electron chi connectivity index (χ4n) is 2.61. The van der Waals surface area contributed by atoms with Gasteiger partial charge in [0.15, 0.2) is 0 Å². The number of carbonyl (C=O) groups is 2. The van der Waals surface area contributed by atoms with Gasteiger partial charge in [0.1, 0.15) is 5.75 Å². The summed E-state index contributed by atoms with van der Waals surface area (Å²) < 4.78 is 21.8. The Morgan fingerprint density at radius 1 is 1.04 bits per heavy atom. The standard InChI is InChI=1S/C16H23NO6Si/c1-20-24(21-2,22-3)11-5-10-23-14-7-4-6-13(12-14)17-15(18)8-9-16(17)19/h4,6-7,12H,5,8-11H2,1-3H3. The number of benzene rings is 1. The van der Waals surface area contributed by atoms with Gasteiger partial charge in [0, 0.05) is 46.3 Å². The van der Waals surface area contributed by atoms with Crippen LogP contribution in [0.5, 0.6) is 5.75 Å². The molecule has 1 heterocycles. The van der Waals surface area contributed by atoms with Crippen LogP contribution in [0.25, 0.3) is 0 Å². The van der Waals surface area contributed by atoms with Crippen LogP contribution in [0.15, 0.2) is 24.3 Å². The average Bonchev–Trinajstić information content (AvgIpc) is 2.94. The van der Waals surface area contributed by atoms with Gasteiger partial charge in [-0.2, -0.15) is 0 Å². The van der Waals surface area contributed by atoms with Crippen molar-refractivity contribution >= 4 is 26.3 Å². The molecule has 24 heavy (non-hydrogen) atoms. The highest BCUT2D eigenvalue weighted by atomic mass is 28.4. The minimum absolute atomic E-state index is 0.173. The van der Waals surface area contributed by atoms with E-state index in [1.807, 2.05) is 0 Å². The molecule has 2 rings (SSSR count). The minimum Gasteiger partial charge on any atom is -0.494 e. The van der Waals surface area contributed by atoms with Crippen molar-refractivity contribution in [2.24, 2.45) is 0 Å². The third kappa shape index (κ3) is 4.21. The van der Waals surface area contributed by atoms with Gasteiger partial charge in [0.2, 0.25) is 11.8 Å². The van der Waals surface area contributed by atoms with Gasteiger partial charge in [-0.3, -0.25) is 14.5 Å². The molecular weight excluding hydrogens is 330 g/mol. The molecule has 1 aromatic carbocycles. The van der Waals surface area contributed by atoms with Gasteiger partial charge in [0.25, 0.3) is 0 Å². The molecule has 1 fully saturated rings. The molecule has 1 aliphatic rings. The summed E-state index contributed by atoms with van der Waals surface area (Å²) in [6.45, 7) is 0.455. The Balaban J connectivity index is 1.91. The summed E-state index contributed by atoms with van der Waals surface area (Å²) in [6, 6.07) is 7.63. The van der Waals surface area contributed by atoms with Crippen molar-refractivity contribution in [3.05, 3.63) is 24.3 Å². The maximum absolute atomic E-state index is 11.8. The topological polar surface area (TPSA) is 74.3 Å². The van der Waals surface area contributed by atoms with E-state index in [1.54, 1.807) is 45.6 Å². The Kier molecular flexibility index (Phi) is 6.49. The van der Waals surface area contributed by atoms with Crippen molar-refractivity contribution in [1.29, 1.82) is 0 Å². The molecule has 0 atom stereocenters. The number of ether oxygens (including phenoxy) is 1. The molecule has 0 radical (unpaired) electrons. The lowest BCUT2D eigenvalue weighted by Gasteiger charge is -2.24. The van der Waals surface area contributed by atoms with Gasteiger partial charge in [0.05, 0.1) is 12.3 Å². The van der Waals surface area contributed by atoms with E-state index in [9.17, 15) is 9.59 Å². The highest BCUT2D eigenvalue weighted by Gasteiger charge is 2.37. The SMILES string of the molecule is CO[Si](CCCOc1cccc(N2C(=O)CCC2=O)c1)(OC)OC. The first kappa shape index (κ1) is 18.6. The number of anilines is 1. The minimum atomic E-state index is -2.58. The molecule has 1 aliphatic heterocycles. The monoisotopic (exact) mass is 353 g/mol. The van der Waals surface area contributed by atoms with Crippen molar-refractivity contribution in [3.63, 3.8) is 0 Å². The molecule has 0 bridgehead atoms. The predicted molar refractivity (Wildman–Crippen MR) is 89.9 cm³/mol. The maximum Gasteiger partial charge on any atom is 0.500 e. The van der Waals surface area contributed by atoms with Crippen molar-refractivity contribution in [1.82, 2.24) is 0 Å². The molecule has 0 spiro atoms. The molecule has 2 amide bonds. The zero-order valence-corrected chi connectivity index (χ0v) is 15.2. The van der Waals surface area contributed by atoms with Gasteiger partial charge in [-0.1, -0.05) is 6.07 Å². The molecule has 1 saturated heterocycles. The van der Waals surface area contributed by atoms with E-state index in [0.717, 1.165) is 0 Å². The number of amides is 2.